The number of nitrogens with two attached hydrogens (primary N) is 1. The predicted molar refractivity (Wildman–Crippen MR) is 95.4 cm³/mol. The highest BCUT2D eigenvalue weighted by Crippen LogP contribution is 2.17. The van der Waals surface area contributed by atoms with Crippen molar-refractivity contribution >= 4 is 46.0 Å². The van der Waals surface area contributed by atoms with Crippen LogP contribution in [0.5, 0.6) is 5.75 Å². The lowest BCUT2D eigenvalue weighted by Crippen LogP contribution is -2.34. The van der Waals surface area contributed by atoms with Gasteiger partial charge in [-0.3, -0.25) is 4.79 Å². The average Bonchev–Trinajstić information content (AvgIpc) is 2.45. The van der Waals surface area contributed by atoms with Crippen LogP contribution in [0.2, 0.25) is 0 Å². The molecule has 0 aliphatic heterocycles. The first-order chi connectivity index (χ1) is 9.63. The Kier molecular flexibility index (Phi) is 11.9. The van der Waals surface area contributed by atoms with Crippen LogP contribution in [0.25, 0.3) is 0 Å². The summed E-state index contributed by atoms with van der Waals surface area (Å²) in [6, 6.07) is 7.79. The van der Waals surface area contributed by atoms with Gasteiger partial charge in [-0.05, 0) is 18.2 Å². The third kappa shape index (κ3) is 9.24. The van der Waals surface area contributed by atoms with Gasteiger partial charge in [0.1, 0.15) is 5.75 Å². The van der Waals surface area contributed by atoms with E-state index in [1.54, 1.807) is 11.8 Å². The molecule has 1 amide bonds. The second-order valence-corrected chi connectivity index (χ2v) is 6.49. The summed E-state index contributed by atoms with van der Waals surface area (Å²) in [5.41, 5.74) is 5.42. The lowest BCUT2D eigenvalue weighted by Gasteiger charge is -2.10. The molecule has 120 valence electrons. The third-order valence-corrected chi connectivity index (χ3v) is 4.08. The zero-order chi connectivity index (χ0) is 14.8. The van der Waals surface area contributed by atoms with E-state index < -0.39 is 0 Å². The summed E-state index contributed by atoms with van der Waals surface area (Å²) < 4.78 is 6.63. The van der Waals surface area contributed by atoms with Gasteiger partial charge in [0.2, 0.25) is 5.91 Å². The summed E-state index contributed by atoms with van der Waals surface area (Å²) >= 11 is 5.16. The van der Waals surface area contributed by atoms with Gasteiger partial charge < -0.3 is 15.8 Å². The summed E-state index contributed by atoms with van der Waals surface area (Å²) in [6.45, 7) is 3.55. The van der Waals surface area contributed by atoms with E-state index >= 15 is 0 Å². The molecule has 0 saturated heterocycles. The molecular weight excluding hydrogens is 376 g/mol. The van der Waals surface area contributed by atoms with Gasteiger partial charge in [-0.2, -0.15) is 11.8 Å². The molecule has 0 spiro atoms. The Bertz CT molecular complexity index is 424. The monoisotopic (exact) mass is 396 g/mol. The van der Waals surface area contributed by atoms with Gasteiger partial charge >= 0.3 is 0 Å². The quantitative estimate of drug-likeness (QED) is 0.629. The number of rotatable bonds is 9. The van der Waals surface area contributed by atoms with Crippen molar-refractivity contribution in [3.63, 3.8) is 0 Å². The van der Waals surface area contributed by atoms with E-state index in [1.165, 1.54) is 0 Å². The summed E-state index contributed by atoms with van der Waals surface area (Å²) in [5.74, 6) is 2.56. The molecule has 0 aliphatic carbocycles. The van der Waals surface area contributed by atoms with E-state index in [2.05, 4.69) is 21.2 Å². The van der Waals surface area contributed by atoms with Crippen molar-refractivity contribution in [1.82, 2.24) is 5.32 Å². The molecular formula is C14H22BrClN2O2S. The molecule has 1 atom stereocenters. The van der Waals surface area contributed by atoms with Gasteiger partial charge in [0.05, 0.1) is 6.61 Å². The number of halogens is 2. The van der Waals surface area contributed by atoms with Crippen LogP contribution in [0.15, 0.2) is 28.7 Å². The fourth-order valence-corrected chi connectivity index (χ4v) is 2.43. The van der Waals surface area contributed by atoms with Crippen molar-refractivity contribution in [2.75, 3.05) is 31.2 Å². The Hall–Kier alpha value is -0.430. The van der Waals surface area contributed by atoms with E-state index in [0.29, 0.717) is 19.7 Å². The highest BCUT2D eigenvalue weighted by molar-refractivity contribution is 9.10. The van der Waals surface area contributed by atoms with E-state index in [1.807, 2.05) is 31.2 Å². The fourth-order valence-electron chi connectivity index (χ4n) is 1.40. The number of nitrogens with one attached hydrogen (secondary N) is 1. The maximum atomic E-state index is 11.5. The minimum atomic E-state index is -0.111. The molecule has 1 aromatic carbocycles. The number of thioether (sulfide) groups is 1. The Morgan fingerprint density at radius 1 is 1.48 bits per heavy atom. The summed E-state index contributed by atoms with van der Waals surface area (Å²) in [7, 11) is 0. The van der Waals surface area contributed by atoms with E-state index in [9.17, 15) is 4.79 Å². The molecule has 0 aromatic heterocycles. The first kappa shape index (κ1) is 20.6. The standard InChI is InChI=1S/C14H21BrN2O2S.ClH/c1-11(10-16)14(18)17-5-7-20-8-6-19-13-4-2-3-12(15)9-13;/h2-4,9,11H,5-8,10,16H2,1H3,(H,17,18);1H. The number of carbonyl (C=O) groups is 1. The van der Waals surface area contributed by atoms with Gasteiger partial charge in [0.25, 0.3) is 0 Å². The molecule has 0 bridgehead atoms. The molecule has 1 rings (SSSR count). The van der Waals surface area contributed by atoms with Gasteiger partial charge in [0, 0.05) is 35.0 Å². The van der Waals surface area contributed by atoms with Crippen molar-refractivity contribution in [3.05, 3.63) is 28.7 Å². The third-order valence-electron chi connectivity index (χ3n) is 2.64. The Labute approximate surface area is 145 Å². The SMILES string of the molecule is CC(CN)C(=O)NCCSCCOc1cccc(Br)c1.Cl. The topological polar surface area (TPSA) is 64.4 Å². The number of hydrogen-bond donors (Lipinski definition) is 2. The van der Waals surface area contributed by atoms with Crippen LogP contribution >= 0.6 is 40.1 Å². The summed E-state index contributed by atoms with van der Waals surface area (Å²) in [4.78, 5) is 11.5. The highest BCUT2D eigenvalue weighted by atomic mass is 79.9. The first-order valence-corrected chi connectivity index (χ1v) is 8.52. The van der Waals surface area contributed by atoms with Gasteiger partial charge in [-0.25, -0.2) is 0 Å². The zero-order valence-corrected chi connectivity index (χ0v) is 15.2. The molecule has 0 fully saturated rings. The molecule has 1 aromatic rings. The fraction of sp³-hybridized carbons (Fsp3) is 0.500. The van der Waals surface area contributed by atoms with Crippen molar-refractivity contribution in [2.24, 2.45) is 11.7 Å². The van der Waals surface area contributed by atoms with Crippen LogP contribution in [0.4, 0.5) is 0 Å². The predicted octanol–water partition coefficient (Wildman–Crippen LogP) is 2.69. The van der Waals surface area contributed by atoms with Gasteiger partial charge in [0.15, 0.2) is 0 Å². The lowest BCUT2D eigenvalue weighted by atomic mass is 10.2. The molecule has 4 nitrogen and oxygen atoms in total. The Balaban J connectivity index is 0.00000400. The van der Waals surface area contributed by atoms with Crippen molar-refractivity contribution < 1.29 is 9.53 Å². The average molecular weight is 398 g/mol. The molecule has 1 unspecified atom stereocenters. The van der Waals surface area contributed by atoms with Gasteiger partial charge in [-0.15, -0.1) is 12.4 Å². The summed E-state index contributed by atoms with van der Waals surface area (Å²) in [6.07, 6.45) is 0. The van der Waals surface area contributed by atoms with Crippen molar-refractivity contribution in [2.45, 2.75) is 6.92 Å². The molecule has 0 saturated carbocycles. The zero-order valence-electron chi connectivity index (χ0n) is 12.0. The van der Waals surface area contributed by atoms with Crippen molar-refractivity contribution in [1.29, 1.82) is 0 Å². The Morgan fingerprint density at radius 3 is 2.90 bits per heavy atom. The molecule has 3 N–H and O–H groups in total. The number of hydrogen-bond acceptors (Lipinski definition) is 4. The van der Waals surface area contributed by atoms with Crippen LogP contribution in [-0.2, 0) is 4.79 Å². The van der Waals surface area contributed by atoms with Crippen LogP contribution in [0, 0.1) is 5.92 Å². The van der Waals surface area contributed by atoms with Crippen LogP contribution in [-0.4, -0.2) is 37.1 Å². The van der Waals surface area contributed by atoms with E-state index in [4.69, 9.17) is 10.5 Å². The Morgan fingerprint density at radius 2 is 2.24 bits per heavy atom. The number of carbonyl (C=O) groups excluding carboxylic acids is 1. The first-order valence-electron chi connectivity index (χ1n) is 6.57. The summed E-state index contributed by atoms with van der Waals surface area (Å²) in [5, 5.41) is 2.86. The molecule has 0 aliphatic rings. The van der Waals surface area contributed by atoms with Crippen LogP contribution in [0.1, 0.15) is 6.92 Å². The van der Waals surface area contributed by atoms with E-state index in [0.717, 1.165) is 21.7 Å². The number of benzene rings is 1. The van der Waals surface area contributed by atoms with Crippen LogP contribution < -0.4 is 15.8 Å². The largest absolute Gasteiger partial charge is 0.493 e. The molecule has 0 heterocycles. The minimum absolute atomic E-state index is 0. The van der Waals surface area contributed by atoms with E-state index in [-0.39, 0.29) is 24.2 Å². The highest BCUT2D eigenvalue weighted by Gasteiger charge is 2.08. The number of amides is 1. The second-order valence-electron chi connectivity index (χ2n) is 4.35. The number of ether oxygens (including phenoxy) is 1. The molecule has 7 heteroatoms. The van der Waals surface area contributed by atoms with Crippen LogP contribution in [0.3, 0.4) is 0 Å². The van der Waals surface area contributed by atoms with Crippen molar-refractivity contribution in [3.8, 4) is 5.75 Å². The smallest absolute Gasteiger partial charge is 0.224 e. The normalized spacial score (nSPS) is 11.4. The molecule has 21 heavy (non-hydrogen) atoms. The lowest BCUT2D eigenvalue weighted by molar-refractivity contribution is -0.124. The molecule has 0 radical (unpaired) electrons. The second kappa shape index (κ2) is 12.1. The maximum absolute atomic E-state index is 11.5. The minimum Gasteiger partial charge on any atom is -0.493 e. The maximum Gasteiger partial charge on any atom is 0.224 e. The van der Waals surface area contributed by atoms with Gasteiger partial charge in [-0.1, -0.05) is 28.9 Å².